The van der Waals surface area contributed by atoms with Crippen molar-refractivity contribution in [2.24, 2.45) is 0 Å². The SMILES string of the molecule is CN(C(=O)CN1CCCC(C)(O)C1)C1=CCCC1. The number of nitrogens with zero attached hydrogens (tertiary/aromatic N) is 2. The molecule has 4 heteroatoms. The second kappa shape index (κ2) is 5.41. The molecule has 1 aliphatic carbocycles. The van der Waals surface area contributed by atoms with Gasteiger partial charge in [-0.2, -0.15) is 0 Å². The molecule has 2 aliphatic rings. The van der Waals surface area contributed by atoms with Gasteiger partial charge >= 0.3 is 0 Å². The van der Waals surface area contributed by atoms with Gasteiger partial charge in [0.1, 0.15) is 0 Å². The van der Waals surface area contributed by atoms with E-state index in [2.05, 4.69) is 11.0 Å². The molecule has 1 saturated heterocycles. The van der Waals surface area contributed by atoms with Gasteiger partial charge < -0.3 is 10.0 Å². The third-order valence-electron chi connectivity index (χ3n) is 3.93. The third-order valence-corrected chi connectivity index (χ3v) is 3.93. The van der Waals surface area contributed by atoms with Gasteiger partial charge in [-0.05, 0) is 45.6 Å². The summed E-state index contributed by atoms with van der Waals surface area (Å²) in [5.74, 6) is 0.140. The molecule has 0 spiro atoms. The summed E-state index contributed by atoms with van der Waals surface area (Å²) in [6.45, 7) is 3.79. The summed E-state index contributed by atoms with van der Waals surface area (Å²) >= 11 is 0. The van der Waals surface area contributed by atoms with Gasteiger partial charge in [-0.15, -0.1) is 0 Å². The highest BCUT2D eigenvalue weighted by Gasteiger charge is 2.30. The Morgan fingerprint density at radius 3 is 2.94 bits per heavy atom. The number of β-amino-alcohol motifs (C(OH)–C–C–N with tert-alkyl or cyclic N) is 1. The van der Waals surface area contributed by atoms with Crippen LogP contribution in [0.15, 0.2) is 11.8 Å². The van der Waals surface area contributed by atoms with Crippen molar-refractivity contribution in [1.29, 1.82) is 0 Å². The number of likely N-dealkylation sites (N-methyl/N-ethyl adjacent to an activating group) is 1. The molecule has 1 aliphatic heterocycles. The Balaban J connectivity index is 1.87. The van der Waals surface area contributed by atoms with Gasteiger partial charge in [0.25, 0.3) is 0 Å². The maximum atomic E-state index is 12.2. The molecule has 0 aromatic heterocycles. The van der Waals surface area contributed by atoms with Crippen LogP contribution in [0, 0.1) is 0 Å². The maximum Gasteiger partial charge on any atom is 0.240 e. The van der Waals surface area contributed by atoms with Gasteiger partial charge in [0.2, 0.25) is 5.91 Å². The summed E-state index contributed by atoms with van der Waals surface area (Å²) in [6.07, 6.45) is 7.21. The van der Waals surface area contributed by atoms with E-state index in [-0.39, 0.29) is 5.91 Å². The molecule has 1 amide bonds. The summed E-state index contributed by atoms with van der Waals surface area (Å²) in [5, 5.41) is 10.0. The van der Waals surface area contributed by atoms with Crippen LogP contribution in [-0.2, 0) is 4.79 Å². The normalized spacial score (nSPS) is 29.2. The lowest BCUT2D eigenvalue weighted by molar-refractivity contribution is -0.131. The molecule has 1 unspecified atom stereocenters. The fourth-order valence-corrected chi connectivity index (χ4v) is 2.87. The molecular formula is C14H24N2O2. The van der Waals surface area contributed by atoms with Crippen LogP contribution in [0.4, 0.5) is 0 Å². The summed E-state index contributed by atoms with van der Waals surface area (Å²) < 4.78 is 0. The van der Waals surface area contributed by atoms with Crippen molar-refractivity contribution < 1.29 is 9.90 Å². The van der Waals surface area contributed by atoms with Crippen molar-refractivity contribution in [3.63, 3.8) is 0 Å². The molecular weight excluding hydrogens is 228 g/mol. The highest BCUT2D eigenvalue weighted by Crippen LogP contribution is 2.22. The lowest BCUT2D eigenvalue weighted by atomic mass is 9.95. The van der Waals surface area contributed by atoms with E-state index < -0.39 is 5.60 Å². The highest BCUT2D eigenvalue weighted by molar-refractivity contribution is 5.79. The Kier molecular flexibility index (Phi) is 4.07. The first kappa shape index (κ1) is 13.6. The zero-order valence-corrected chi connectivity index (χ0v) is 11.5. The highest BCUT2D eigenvalue weighted by atomic mass is 16.3. The van der Waals surface area contributed by atoms with Crippen LogP contribution in [0.1, 0.15) is 39.0 Å². The van der Waals surface area contributed by atoms with Crippen LogP contribution in [-0.4, -0.2) is 53.1 Å². The second-order valence-electron chi connectivity index (χ2n) is 5.85. The molecule has 0 bridgehead atoms. The molecule has 2 rings (SSSR count). The van der Waals surface area contributed by atoms with Crippen LogP contribution in [0.2, 0.25) is 0 Å². The van der Waals surface area contributed by atoms with E-state index in [0.29, 0.717) is 13.1 Å². The standard InChI is InChI=1S/C14H24N2O2/c1-14(18)8-5-9-16(11-14)10-13(17)15(2)12-6-3-4-7-12/h6,18H,3-5,7-11H2,1-2H3. The predicted molar refractivity (Wildman–Crippen MR) is 71.0 cm³/mol. The second-order valence-corrected chi connectivity index (χ2v) is 5.85. The van der Waals surface area contributed by atoms with Crippen molar-refractivity contribution in [1.82, 2.24) is 9.80 Å². The molecule has 0 saturated carbocycles. The van der Waals surface area contributed by atoms with Gasteiger partial charge in [0.15, 0.2) is 0 Å². The Bertz CT molecular complexity index is 350. The largest absolute Gasteiger partial charge is 0.389 e. The fraction of sp³-hybridized carbons (Fsp3) is 0.786. The average Bonchev–Trinajstić information content (AvgIpc) is 2.79. The number of hydrogen-bond donors (Lipinski definition) is 1. The molecule has 0 aromatic carbocycles. The van der Waals surface area contributed by atoms with E-state index in [4.69, 9.17) is 0 Å². The average molecular weight is 252 g/mol. The van der Waals surface area contributed by atoms with Crippen molar-refractivity contribution in [3.05, 3.63) is 11.8 Å². The van der Waals surface area contributed by atoms with Crippen LogP contribution < -0.4 is 0 Å². The Hall–Kier alpha value is -0.870. The molecule has 102 valence electrons. The number of piperidine rings is 1. The van der Waals surface area contributed by atoms with Gasteiger partial charge in [0, 0.05) is 19.3 Å². The smallest absolute Gasteiger partial charge is 0.240 e. The molecule has 1 fully saturated rings. The van der Waals surface area contributed by atoms with Crippen LogP contribution in [0.25, 0.3) is 0 Å². The van der Waals surface area contributed by atoms with Crippen LogP contribution >= 0.6 is 0 Å². The van der Waals surface area contributed by atoms with E-state index in [1.807, 2.05) is 14.0 Å². The Morgan fingerprint density at radius 1 is 1.56 bits per heavy atom. The lowest BCUT2D eigenvalue weighted by Crippen LogP contribution is -2.49. The predicted octanol–water partition coefficient (Wildman–Crippen LogP) is 1.36. The van der Waals surface area contributed by atoms with E-state index in [1.165, 1.54) is 0 Å². The van der Waals surface area contributed by atoms with E-state index in [9.17, 15) is 9.90 Å². The minimum Gasteiger partial charge on any atom is -0.389 e. The molecule has 1 heterocycles. The van der Waals surface area contributed by atoms with E-state index in [0.717, 1.165) is 44.3 Å². The first-order valence-corrected chi connectivity index (χ1v) is 6.88. The number of rotatable bonds is 3. The van der Waals surface area contributed by atoms with Gasteiger partial charge in [-0.1, -0.05) is 6.08 Å². The van der Waals surface area contributed by atoms with Gasteiger partial charge in [-0.25, -0.2) is 0 Å². The summed E-state index contributed by atoms with van der Waals surface area (Å²) in [5.41, 5.74) is 0.521. The van der Waals surface area contributed by atoms with E-state index >= 15 is 0 Å². The van der Waals surface area contributed by atoms with E-state index in [1.54, 1.807) is 4.90 Å². The zero-order valence-electron chi connectivity index (χ0n) is 11.5. The maximum absolute atomic E-state index is 12.2. The minimum absolute atomic E-state index is 0.140. The fourth-order valence-electron chi connectivity index (χ4n) is 2.87. The molecule has 0 aromatic rings. The molecule has 1 atom stereocenters. The molecule has 1 N–H and O–H groups in total. The number of allylic oxidation sites excluding steroid dienone is 2. The summed E-state index contributed by atoms with van der Waals surface area (Å²) in [4.78, 5) is 16.0. The summed E-state index contributed by atoms with van der Waals surface area (Å²) in [6, 6.07) is 0. The topological polar surface area (TPSA) is 43.8 Å². The van der Waals surface area contributed by atoms with Crippen molar-refractivity contribution >= 4 is 5.91 Å². The number of aliphatic hydroxyl groups is 1. The first-order valence-electron chi connectivity index (χ1n) is 6.88. The number of likely N-dealkylation sites (tertiary alicyclic amines) is 1. The number of hydrogen-bond acceptors (Lipinski definition) is 3. The van der Waals surface area contributed by atoms with Crippen molar-refractivity contribution in [2.45, 2.75) is 44.6 Å². The van der Waals surface area contributed by atoms with Crippen molar-refractivity contribution in [2.75, 3.05) is 26.7 Å². The Labute approximate surface area is 109 Å². The van der Waals surface area contributed by atoms with Crippen molar-refractivity contribution in [3.8, 4) is 0 Å². The molecule has 0 radical (unpaired) electrons. The first-order chi connectivity index (χ1) is 8.48. The third kappa shape index (κ3) is 3.33. The number of carbonyl (C=O) groups excluding carboxylic acids is 1. The van der Waals surface area contributed by atoms with Crippen LogP contribution in [0.5, 0.6) is 0 Å². The number of amides is 1. The Morgan fingerprint density at radius 2 is 2.33 bits per heavy atom. The molecule has 4 nitrogen and oxygen atoms in total. The monoisotopic (exact) mass is 252 g/mol. The van der Waals surface area contributed by atoms with Gasteiger partial charge in [-0.3, -0.25) is 9.69 Å². The quantitative estimate of drug-likeness (QED) is 0.825. The van der Waals surface area contributed by atoms with Gasteiger partial charge in [0.05, 0.1) is 12.1 Å². The van der Waals surface area contributed by atoms with Crippen LogP contribution in [0.3, 0.4) is 0 Å². The number of carbonyl (C=O) groups is 1. The molecule has 18 heavy (non-hydrogen) atoms. The zero-order chi connectivity index (χ0) is 13.2. The lowest BCUT2D eigenvalue weighted by Gasteiger charge is -2.37. The minimum atomic E-state index is -0.635. The summed E-state index contributed by atoms with van der Waals surface area (Å²) in [7, 11) is 1.86.